The summed E-state index contributed by atoms with van der Waals surface area (Å²) in [4.78, 5) is 15.3. The summed E-state index contributed by atoms with van der Waals surface area (Å²) in [6, 6.07) is 1.75. The second-order valence-corrected chi connectivity index (χ2v) is 3.54. The van der Waals surface area contributed by atoms with Crippen LogP contribution in [0.2, 0.25) is 0 Å². The topological polar surface area (TPSA) is 60.9 Å². The zero-order chi connectivity index (χ0) is 10.4. The van der Waals surface area contributed by atoms with Gasteiger partial charge in [0.25, 0.3) is 0 Å². The van der Waals surface area contributed by atoms with Crippen molar-refractivity contribution in [1.82, 2.24) is 9.55 Å². The molecule has 0 amide bonds. The second-order valence-electron chi connectivity index (χ2n) is 3.02. The molecule has 0 aliphatic heterocycles. The third-order valence-electron chi connectivity index (χ3n) is 1.85. The van der Waals surface area contributed by atoms with Gasteiger partial charge >= 0.3 is 5.69 Å². The predicted octanol–water partition coefficient (Wildman–Crippen LogP) is 0.700. The van der Waals surface area contributed by atoms with Crippen molar-refractivity contribution in [2.75, 3.05) is 0 Å². The molecule has 1 aromatic rings. The molecule has 0 fully saturated rings. The molecule has 4 nitrogen and oxygen atoms in total. The molecule has 0 saturated carbocycles. The maximum absolute atomic E-state index is 11.1. The normalized spacial score (nSPS) is 10.0. The van der Waals surface area contributed by atoms with E-state index in [1.54, 1.807) is 16.8 Å². The Bertz CT molecular complexity index is 361. The summed E-state index contributed by atoms with van der Waals surface area (Å²) in [6.07, 6.45) is 5.77. The summed E-state index contributed by atoms with van der Waals surface area (Å²) in [5, 5.41) is 0. The second kappa shape index (κ2) is 5.49. The Morgan fingerprint density at radius 2 is 2.36 bits per heavy atom. The van der Waals surface area contributed by atoms with Crippen molar-refractivity contribution in [3.8, 4) is 0 Å². The van der Waals surface area contributed by atoms with Gasteiger partial charge in [-0.15, -0.1) is 0 Å². The molecule has 76 valence electrons. The molecule has 0 spiro atoms. The van der Waals surface area contributed by atoms with Crippen LogP contribution in [0.25, 0.3) is 0 Å². The zero-order valence-electron chi connectivity index (χ0n) is 7.85. The van der Waals surface area contributed by atoms with Gasteiger partial charge < -0.3 is 5.73 Å². The van der Waals surface area contributed by atoms with E-state index in [4.69, 9.17) is 18.0 Å². The van der Waals surface area contributed by atoms with Crippen LogP contribution in [0.3, 0.4) is 0 Å². The lowest BCUT2D eigenvalue weighted by Gasteiger charge is -2.02. The molecule has 0 aliphatic rings. The Morgan fingerprint density at radius 3 is 3.00 bits per heavy atom. The molecule has 1 aromatic heterocycles. The van der Waals surface area contributed by atoms with Crippen molar-refractivity contribution in [3.05, 3.63) is 28.9 Å². The maximum Gasteiger partial charge on any atom is 0.347 e. The Balaban J connectivity index is 2.35. The third kappa shape index (κ3) is 3.66. The first-order chi connectivity index (χ1) is 6.70. The molecule has 0 aromatic carbocycles. The highest BCUT2D eigenvalue weighted by Gasteiger charge is 1.95. The number of hydrogen-bond donors (Lipinski definition) is 1. The van der Waals surface area contributed by atoms with Crippen LogP contribution in [0, 0.1) is 0 Å². The fourth-order valence-corrected chi connectivity index (χ4v) is 1.28. The summed E-state index contributed by atoms with van der Waals surface area (Å²) in [6.45, 7) is 0.676. The number of thiocarbonyl (C=S) groups is 1. The first-order valence-corrected chi connectivity index (χ1v) is 4.91. The van der Waals surface area contributed by atoms with Crippen LogP contribution in [0.15, 0.2) is 23.3 Å². The quantitative estimate of drug-likeness (QED) is 0.575. The minimum Gasteiger partial charge on any atom is -0.393 e. The van der Waals surface area contributed by atoms with Crippen LogP contribution in [-0.4, -0.2) is 14.5 Å². The van der Waals surface area contributed by atoms with Crippen LogP contribution in [-0.2, 0) is 6.54 Å². The average molecular weight is 211 g/mol. The van der Waals surface area contributed by atoms with Crippen LogP contribution in [0.4, 0.5) is 0 Å². The third-order valence-corrected chi connectivity index (χ3v) is 2.06. The minimum absolute atomic E-state index is 0.206. The lowest BCUT2D eigenvalue weighted by Crippen LogP contribution is -2.21. The molecule has 0 atom stereocenters. The summed E-state index contributed by atoms with van der Waals surface area (Å²) in [5.74, 6) is 0. The number of nitrogens with zero attached hydrogens (tertiary/aromatic N) is 2. The van der Waals surface area contributed by atoms with Crippen molar-refractivity contribution in [2.45, 2.75) is 25.8 Å². The molecule has 0 unspecified atom stereocenters. The first kappa shape index (κ1) is 10.8. The van der Waals surface area contributed by atoms with Gasteiger partial charge in [0.1, 0.15) is 0 Å². The van der Waals surface area contributed by atoms with Gasteiger partial charge in [0.15, 0.2) is 0 Å². The Hall–Kier alpha value is -1.23. The van der Waals surface area contributed by atoms with E-state index in [1.807, 2.05) is 0 Å². The van der Waals surface area contributed by atoms with E-state index in [9.17, 15) is 4.79 Å². The molecule has 0 bridgehead atoms. The fraction of sp³-hybridized carbons (Fsp3) is 0.444. The smallest absolute Gasteiger partial charge is 0.347 e. The van der Waals surface area contributed by atoms with Crippen LogP contribution >= 0.6 is 12.2 Å². The van der Waals surface area contributed by atoms with E-state index < -0.39 is 0 Å². The van der Waals surface area contributed by atoms with E-state index in [2.05, 4.69) is 4.98 Å². The summed E-state index contributed by atoms with van der Waals surface area (Å²) in [5.41, 5.74) is 5.15. The molecule has 14 heavy (non-hydrogen) atoms. The molecule has 2 N–H and O–H groups in total. The van der Waals surface area contributed by atoms with Crippen molar-refractivity contribution in [2.24, 2.45) is 5.73 Å². The van der Waals surface area contributed by atoms with Gasteiger partial charge in [0, 0.05) is 18.9 Å². The molecule has 0 aliphatic carbocycles. The maximum atomic E-state index is 11.1. The van der Waals surface area contributed by atoms with E-state index in [0.29, 0.717) is 11.5 Å². The highest BCUT2D eigenvalue weighted by atomic mass is 32.1. The number of aryl methyl sites for hydroxylation is 1. The van der Waals surface area contributed by atoms with Gasteiger partial charge in [0.05, 0.1) is 4.99 Å². The molecular formula is C9H13N3OS. The molecule has 0 saturated heterocycles. The Morgan fingerprint density at radius 1 is 1.57 bits per heavy atom. The van der Waals surface area contributed by atoms with Gasteiger partial charge in [-0.1, -0.05) is 12.2 Å². The van der Waals surface area contributed by atoms with Gasteiger partial charge in [-0.2, -0.15) is 0 Å². The van der Waals surface area contributed by atoms with Gasteiger partial charge in [-0.25, -0.2) is 9.78 Å². The lowest BCUT2D eigenvalue weighted by molar-refractivity contribution is 0.590. The molecule has 5 heteroatoms. The van der Waals surface area contributed by atoms with Gasteiger partial charge in [-0.3, -0.25) is 4.57 Å². The summed E-state index contributed by atoms with van der Waals surface area (Å²) < 4.78 is 1.58. The fourth-order valence-electron chi connectivity index (χ4n) is 1.14. The van der Waals surface area contributed by atoms with Crippen molar-refractivity contribution < 1.29 is 0 Å². The van der Waals surface area contributed by atoms with Crippen LogP contribution in [0.5, 0.6) is 0 Å². The highest BCUT2D eigenvalue weighted by Crippen LogP contribution is 1.97. The predicted molar refractivity (Wildman–Crippen MR) is 59.1 cm³/mol. The van der Waals surface area contributed by atoms with Crippen molar-refractivity contribution in [1.29, 1.82) is 0 Å². The largest absolute Gasteiger partial charge is 0.393 e. The SMILES string of the molecule is NC(=S)CCCCn1cccnc1=O. The number of unbranched alkanes of at least 4 members (excludes halogenated alkanes) is 1. The van der Waals surface area contributed by atoms with E-state index in [0.717, 1.165) is 19.3 Å². The monoisotopic (exact) mass is 211 g/mol. The highest BCUT2D eigenvalue weighted by molar-refractivity contribution is 7.80. The lowest BCUT2D eigenvalue weighted by atomic mass is 10.2. The molecule has 1 heterocycles. The summed E-state index contributed by atoms with van der Waals surface area (Å²) in [7, 11) is 0. The molecule has 0 radical (unpaired) electrons. The van der Waals surface area contributed by atoms with E-state index >= 15 is 0 Å². The summed E-state index contributed by atoms with van der Waals surface area (Å²) >= 11 is 4.75. The zero-order valence-corrected chi connectivity index (χ0v) is 8.67. The minimum atomic E-state index is -0.206. The Kier molecular flexibility index (Phi) is 4.25. The number of nitrogens with two attached hydrogens (primary N) is 1. The van der Waals surface area contributed by atoms with Crippen molar-refractivity contribution >= 4 is 17.2 Å². The first-order valence-electron chi connectivity index (χ1n) is 4.50. The standard InChI is InChI=1S/C9H13N3OS/c10-8(14)4-1-2-6-12-7-3-5-11-9(12)13/h3,5,7H,1-2,4,6H2,(H2,10,14). The van der Waals surface area contributed by atoms with E-state index in [-0.39, 0.29) is 5.69 Å². The number of aromatic nitrogens is 2. The van der Waals surface area contributed by atoms with Gasteiger partial charge in [0.2, 0.25) is 0 Å². The van der Waals surface area contributed by atoms with Gasteiger partial charge in [-0.05, 0) is 25.3 Å². The Labute approximate surface area is 87.8 Å². The number of hydrogen-bond acceptors (Lipinski definition) is 3. The van der Waals surface area contributed by atoms with E-state index in [1.165, 1.54) is 6.20 Å². The average Bonchev–Trinajstić information content (AvgIpc) is 2.15. The molecular weight excluding hydrogens is 198 g/mol. The van der Waals surface area contributed by atoms with Crippen molar-refractivity contribution in [3.63, 3.8) is 0 Å². The van der Waals surface area contributed by atoms with Crippen LogP contribution < -0.4 is 11.4 Å². The molecule has 1 rings (SSSR count). The van der Waals surface area contributed by atoms with Crippen LogP contribution in [0.1, 0.15) is 19.3 Å². The number of rotatable bonds is 5.